The highest BCUT2D eigenvalue weighted by Crippen LogP contribution is 2.59. The Bertz CT molecular complexity index is 1000. The van der Waals surface area contributed by atoms with E-state index in [0.29, 0.717) is 12.8 Å². The quantitative estimate of drug-likeness (QED) is 0.306. The molecule has 0 heterocycles. The average molecular weight is 545 g/mol. The van der Waals surface area contributed by atoms with Gasteiger partial charge in [0.05, 0.1) is 36.9 Å². The minimum atomic E-state index is -1.26. The number of ether oxygens (including phenoxy) is 1. The minimum Gasteiger partial charge on any atom is -0.396 e. The van der Waals surface area contributed by atoms with E-state index in [2.05, 4.69) is 121 Å². The van der Waals surface area contributed by atoms with Crippen molar-refractivity contribution in [3.05, 3.63) is 46.6 Å². The molecule has 2 aliphatic rings. The molecule has 0 bridgehead atoms. The molecule has 0 radical (unpaired) electrons. The summed E-state index contributed by atoms with van der Waals surface area (Å²) in [4.78, 5) is 0. The van der Waals surface area contributed by atoms with Gasteiger partial charge in [0.25, 0.3) is 0 Å². The first-order valence-corrected chi connectivity index (χ1v) is 14.8. The fourth-order valence-electron chi connectivity index (χ4n) is 6.25. The Kier molecular flexibility index (Phi) is 9.50. The molecule has 0 fully saturated rings. The first-order chi connectivity index (χ1) is 17.4. The molecule has 39 heavy (non-hydrogen) atoms. The second-order valence-corrected chi connectivity index (χ2v) is 16.8. The summed E-state index contributed by atoms with van der Waals surface area (Å²) in [7, 11) is 0. The summed E-state index contributed by atoms with van der Waals surface area (Å²) in [5, 5.41) is 32.8. The summed E-state index contributed by atoms with van der Waals surface area (Å²) in [6.45, 7) is 29.8. The zero-order valence-corrected chi connectivity index (χ0v) is 27.7. The van der Waals surface area contributed by atoms with Crippen molar-refractivity contribution in [3.63, 3.8) is 0 Å². The summed E-state index contributed by atoms with van der Waals surface area (Å²) < 4.78 is 7.59. The fraction of sp³-hybridized carbons (Fsp3) is 0.771. The normalized spacial score (nSPS) is 26.5. The molecule has 3 N–H and O–H groups in total. The topological polar surface area (TPSA) is 69.9 Å². The third kappa shape index (κ3) is 6.50. The number of rotatable bonds is 7. The maximum atomic E-state index is 10.9. The third-order valence-corrected chi connectivity index (χ3v) is 9.41. The van der Waals surface area contributed by atoms with Crippen molar-refractivity contribution >= 4 is 0 Å². The van der Waals surface area contributed by atoms with Gasteiger partial charge in [-0.1, -0.05) is 112 Å². The Morgan fingerprint density at radius 3 is 1.44 bits per heavy atom. The smallest absolute Gasteiger partial charge is 0.0957 e. The first-order valence-electron chi connectivity index (χ1n) is 14.8. The standard InChI is InChI=1S/C35H60O4/c1-24-15-26(29(3,4)5)19-34(17-24,31(9,10)11)28(33(21-36,22-37)23-38)39-35(32(12,13)14)18-25(2)16-27(20-35)30(6,7)8/h15-16,19-20,28,36-38H,17-18,21-23H2,1-14H3. The van der Waals surface area contributed by atoms with E-state index in [9.17, 15) is 15.3 Å². The highest BCUT2D eigenvalue weighted by atomic mass is 16.5. The number of aliphatic hydroxyl groups is 3. The van der Waals surface area contributed by atoms with Crippen LogP contribution in [0.2, 0.25) is 0 Å². The minimum absolute atomic E-state index is 0.0791. The van der Waals surface area contributed by atoms with Crippen molar-refractivity contribution in [2.24, 2.45) is 32.5 Å². The zero-order valence-electron chi connectivity index (χ0n) is 27.7. The molecule has 4 heteroatoms. The average Bonchev–Trinajstić information content (AvgIpc) is 2.76. The molecule has 0 aromatic rings. The number of hydrogen-bond donors (Lipinski definition) is 3. The van der Waals surface area contributed by atoms with Crippen LogP contribution in [0, 0.1) is 32.5 Å². The van der Waals surface area contributed by atoms with Crippen molar-refractivity contribution in [3.8, 4) is 0 Å². The van der Waals surface area contributed by atoms with Crippen molar-refractivity contribution < 1.29 is 20.1 Å². The third-order valence-electron chi connectivity index (χ3n) is 9.41. The van der Waals surface area contributed by atoms with Crippen molar-refractivity contribution in [1.29, 1.82) is 0 Å². The maximum Gasteiger partial charge on any atom is 0.0957 e. The van der Waals surface area contributed by atoms with Gasteiger partial charge in [-0.25, -0.2) is 0 Å². The summed E-state index contributed by atoms with van der Waals surface area (Å²) >= 11 is 0. The summed E-state index contributed by atoms with van der Waals surface area (Å²) in [6.07, 6.45) is 9.97. The highest BCUT2D eigenvalue weighted by molar-refractivity contribution is 5.40. The summed E-state index contributed by atoms with van der Waals surface area (Å²) in [5.74, 6) is 0. The molecule has 0 aromatic heterocycles. The van der Waals surface area contributed by atoms with Gasteiger partial charge >= 0.3 is 0 Å². The van der Waals surface area contributed by atoms with Crippen LogP contribution in [0.1, 0.15) is 110 Å². The Morgan fingerprint density at radius 1 is 0.667 bits per heavy atom. The molecular weight excluding hydrogens is 484 g/mol. The zero-order chi connectivity index (χ0) is 30.5. The number of hydrogen-bond acceptors (Lipinski definition) is 4. The molecular formula is C35H60O4. The lowest BCUT2D eigenvalue weighted by molar-refractivity contribution is -0.237. The molecule has 0 saturated carbocycles. The Hall–Kier alpha value is -1.20. The van der Waals surface area contributed by atoms with Gasteiger partial charge in [0, 0.05) is 11.8 Å². The highest BCUT2D eigenvalue weighted by Gasteiger charge is 2.60. The molecule has 4 nitrogen and oxygen atoms in total. The van der Waals surface area contributed by atoms with Crippen LogP contribution in [-0.4, -0.2) is 46.8 Å². The second kappa shape index (κ2) is 10.9. The van der Waals surface area contributed by atoms with E-state index in [4.69, 9.17) is 4.74 Å². The number of allylic oxidation sites excluding steroid dienone is 5. The van der Waals surface area contributed by atoms with E-state index in [1.54, 1.807) is 0 Å². The van der Waals surface area contributed by atoms with E-state index in [0.717, 1.165) is 0 Å². The van der Waals surface area contributed by atoms with Gasteiger partial charge in [-0.15, -0.1) is 0 Å². The van der Waals surface area contributed by atoms with Gasteiger partial charge in [-0.2, -0.15) is 0 Å². The predicted octanol–water partition coefficient (Wildman–Crippen LogP) is 7.80. The molecule has 0 aromatic carbocycles. The van der Waals surface area contributed by atoms with Crippen molar-refractivity contribution in [2.75, 3.05) is 19.8 Å². The molecule has 0 saturated heterocycles. The molecule has 3 unspecified atom stereocenters. The largest absolute Gasteiger partial charge is 0.396 e. The van der Waals surface area contributed by atoms with Crippen molar-refractivity contribution in [2.45, 2.75) is 121 Å². The lowest BCUT2D eigenvalue weighted by atomic mass is 9.52. The fourth-order valence-corrected chi connectivity index (χ4v) is 6.25. The molecule has 0 amide bonds. The van der Waals surface area contributed by atoms with Crippen LogP contribution in [0.3, 0.4) is 0 Å². The summed E-state index contributed by atoms with van der Waals surface area (Å²) in [6, 6.07) is 0. The van der Waals surface area contributed by atoms with Gasteiger partial charge in [-0.3, -0.25) is 0 Å². The van der Waals surface area contributed by atoms with Crippen LogP contribution in [0.5, 0.6) is 0 Å². The van der Waals surface area contributed by atoms with Crippen LogP contribution in [0.15, 0.2) is 46.6 Å². The molecule has 2 rings (SSSR count). The molecule has 0 aliphatic heterocycles. The van der Waals surface area contributed by atoms with Crippen LogP contribution >= 0.6 is 0 Å². The SMILES string of the molecule is CC1=CC(C(C)(C)C)=CC(OC(C(CO)(CO)CO)C2(C(C)(C)C)C=C(C(C)(C)C)C=C(C)C2)(C(C)(C)C)C1. The Balaban J connectivity index is 3.04. The number of aliphatic hydroxyl groups excluding tert-OH is 3. The van der Waals surface area contributed by atoms with Gasteiger partial charge in [0.1, 0.15) is 0 Å². The van der Waals surface area contributed by atoms with Gasteiger partial charge in [0.2, 0.25) is 0 Å². The van der Waals surface area contributed by atoms with Crippen LogP contribution in [0.25, 0.3) is 0 Å². The first kappa shape index (κ1) is 34.0. The molecule has 2 aliphatic carbocycles. The van der Waals surface area contributed by atoms with Gasteiger partial charge in [-0.05, 0) is 59.2 Å². The summed E-state index contributed by atoms with van der Waals surface area (Å²) in [5.41, 5.74) is 1.54. The van der Waals surface area contributed by atoms with Crippen LogP contribution < -0.4 is 0 Å². The van der Waals surface area contributed by atoms with Crippen LogP contribution in [-0.2, 0) is 4.74 Å². The predicted molar refractivity (Wildman–Crippen MR) is 164 cm³/mol. The van der Waals surface area contributed by atoms with Gasteiger partial charge < -0.3 is 20.1 Å². The van der Waals surface area contributed by atoms with Gasteiger partial charge in [0.15, 0.2) is 0 Å². The van der Waals surface area contributed by atoms with E-state index < -0.39 is 22.5 Å². The maximum absolute atomic E-state index is 10.9. The van der Waals surface area contributed by atoms with E-state index in [1.165, 1.54) is 22.3 Å². The monoisotopic (exact) mass is 544 g/mol. The molecule has 0 spiro atoms. The lowest BCUT2D eigenvalue weighted by Crippen LogP contribution is -2.63. The van der Waals surface area contributed by atoms with E-state index in [1.807, 2.05) is 0 Å². The Labute approximate surface area is 240 Å². The molecule has 224 valence electrons. The Morgan fingerprint density at radius 2 is 1.08 bits per heavy atom. The molecule has 3 atom stereocenters. The van der Waals surface area contributed by atoms with E-state index in [-0.39, 0.29) is 41.5 Å². The van der Waals surface area contributed by atoms with Crippen LogP contribution in [0.4, 0.5) is 0 Å². The van der Waals surface area contributed by atoms with E-state index >= 15 is 0 Å². The lowest BCUT2D eigenvalue weighted by Gasteiger charge is -2.59. The van der Waals surface area contributed by atoms with Crippen molar-refractivity contribution in [1.82, 2.24) is 0 Å². The second-order valence-electron chi connectivity index (χ2n) is 16.8.